The van der Waals surface area contributed by atoms with Gasteiger partial charge in [0.25, 0.3) is 11.8 Å². The van der Waals surface area contributed by atoms with E-state index in [9.17, 15) is 33.9 Å². The van der Waals surface area contributed by atoms with Crippen LogP contribution >= 0.6 is 46.4 Å². The fourth-order valence-electron chi connectivity index (χ4n) is 7.66. The highest BCUT2D eigenvalue weighted by Crippen LogP contribution is 2.31. The van der Waals surface area contributed by atoms with Crippen LogP contribution in [0.15, 0.2) is 127 Å². The molecule has 4 aromatic carbocycles. The molecule has 2 aromatic heterocycles. The van der Waals surface area contributed by atoms with Crippen molar-refractivity contribution in [3.63, 3.8) is 0 Å². The minimum Gasteiger partial charge on any atom is -0.478 e. The smallest absolute Gasteiger partial charge is 0.340 e. The van der Waals surface area contributed by atoms with Crippen molar-refractivity contribution in [1.29, 1.82) is 0 Å². The van der Waals surface area contributed by atoms with Crippen molar-refractivity contribution >= 4 is 87.6 Å². The highest BCUT2D eigenvalue weighted by molar-refractivity contribution is 6.34. The predicted molar refractivity (Wildman–Crippen MR) is 271 cm³/mol. The number of carboxylic acids is 1. The van der Waals surface area contributed by atoms with Crippen molar-refractivity contribution in [3.05, 3.63) is 202 Å². The van der Waals surface area contributed by atoms with Gasteiger partial charge < -0.3 is 24.4 Å². The number of hydrogen-bond donors (Lipinski definition) is 1. The van der Waals surface area contributed by atoms with E-state index >= 15 is 0 Å². The molecule has 72 heavy (non-hydrogen) atoms. The Kier molecular flexibility index (Phi) is 18.1. The molecule has 2 amide bonds. The number of Topliss-reactive ketones (excluding diaryl/α,β-unsaturated/α-hetero) is 1. The van der Waals surface area contributed by atoms with Gasteiger partial charge in [0.05, 0.1) is 40.0 Å². The second-order valence-corrected chi connectivity index (χ2v) is 18.9. The molecular weight excluding hydrogens is 1010 g/mol. The fraction of sp³-hybridized carbons (Fsp3) is 0.231. The van der Waals surface area contributed by atoms with Gasteiger partial charge in [0.15, 0.2) is 5.78 Å². The van der Waals surface area contributed by atoms with Gasteiger partial charge in [-0.2, -0.15) is 0 Å². The molecule has 0 fully saturated rings. The summed E-state index contributed by atoms with van der Waals surface area (Å²) in [6.07, 6.45) is 3.58. The van der Waals surface area contributed by atoms with Crippen LogP contribution in [0.3, 0.4) is 0 Å². The third-order valence-electron chi connectivity index (χ3n) is 11.0. The van der Waals surface area contributed by atoms with Crippen molar-refractivity contribution in [1.82, 2.24) is 19.8 Å². The van der Waals surface area contributed by atoms with Gasteiger partial charge in [0.2, 0.25) is 0 Å². The minimum absolute atomic E-state index is 0.00948. The topological polar surface area (TPSA) is 222 Å². The number of rotatable bonds is 14. The van der Waals surface area contributed by atoms with Gasteiger partial charge in [0, 0.05) is 82.2 Å². The van der Waals surface area contributed by atoms with E-state index in [4.69, 9.17) is 61.4 Å². The largest absolute Gasteiger partial charge is 0.478 e. The zero-order valence-electron chi connectivity index (χ0n) is 39.1. The number of nitrogens with zero attached hydrogens (tertiary/aromatic N) is 7. The molecule has 3 heterocycles. The van der Waals surface area contributed by atoms with E-state index in [-0.39, 0.29) is 81.5 Å². The number of methoxy groups -OCH3 is 1. The van der Waals surface area contributed by atoms with Gasteiger partial charge in [-0.25, -0.2) is 14.4 Å². The van der Waals surface area contributed by atoms with Crippen LogP contribution in [0.1, 0.15) is 90.3 Å². The SMILES string of the molecule is COC(=O)[C@@H](Cc1ccccn1)N(Cc1ccc(C(=O)OC(C)(C)C)c(Cl)c1)C(=O)c1ccc(Cl)cc1N=[N+]=[N-].O=C(O)c1ccc(CN2C(=O)c3ccc(Cl)cc3CC(=O)[C@H]2Cc2ccccn2)cc1Cl. The maximum absolute atomic E-state index is 14.0. The summed E-state index contributed by atoms with van der Waals surface area (Å²) in [5.74, 6) is -3.48. The molecular formula is C52H45Cl4N7O9. The van der Waals surface area contributed by atoms with Crippen molar-refractivity contribution < 1.29 is 43.3 Å². The number of ketones is 1. The first-order chi connectivity index (χ1) is 34.3. The molecule has 0 bridgehead atoms. The first kappa shape index (κ1) is 54.0. The molecule has 7 rings (SSSR count). The number of halogens is 4. The molecule has 370 valence electrons. The van der Waals surface area contributed by atoms with Crippen LogP contribution < -0.4 is 0 Å². The highest BCUT2D eigenvalue weighted by Gasteiger charge is 2.37. The standard InChI is InChI=1S/C28H27Cl2N5O5.C24H18Cl2N2O4/c1-28(2,3)40-26(37)20-10-8-17(13-22(20)30)16-35(24(27(38)39-4)15-19-7-5-6-12-32-19)25(36)21-11-9-18(29)14-23(21)33-34-31;25-16-5-7-18-15(10-16)11-22(29)21(12-17-3-1-2-8-27-17)28(23(18)30)13-14-4-6-19(24(31)32)20(26)9-14/h5-14,24H,15-16H2,1-4H3;1-10,21H,11-13H2,(H,31,32)/t24-;21-/m11/s1. The normalized spacial score (nSPS) is 13.6. The zero-order chi connectivity index (χ0) is 52.3. The molecule has 0 saturated carbocycles. The number of benzene rings is 4. The van der Waals surface area contributed by atoms with E-state index in [1.54, 1.807) is 87.8 Å². The molecule has 20 heteroatoms. The molecule has 2 atom stereocenters. The predicted octanol–water partition coefficient (Wildman–Crippen LogP) is 11.2. The number of aromatic nitrogens is 2. The summed E-state index contributed by atoms with van der Waals surface area (Å²) in [4.78, 5) is 91.9. The fourth-order valence-corrected chi connectivity index (χ4v) is 8.59. The van der Waals surface area contributed by atoms with Gasteiger partial charge in [-0.3, -0.25) is 24.4 Å². The highest BCUT2D eigenvalue weighted by atomic mass is 35.5. The molecule has 16 nitrogen and oxygen atoms in total. The van der Waals surface area contributed by atoms with E-state index in [0.717, 1.165) is 0 Å². The van der Waals surface area contributed by atoms with Crippen LogP contribution in [-0.4, -0.2) is 85.2 Å². The molecule has 0 radical (unpaired) electrons. The molecule has 0 saturated heterocycles. The van der Waals surface area contributed by atoms with Crippen LogP contribution in [0.5, 0.6) is 0 Å². The summed E-state index contributed by atoms with van der Waals surface area (Å²) in [5, 5.41) is 13.7. The lowest BCUT2D eigenvalue weighted by Crippen LogP contribution is -2.46. The van der Waals surface area contributed by atoms with Crippen LogP contribution in [0, 0.1) is 0 Å². The van der Waals surface area contributed by atoms with E-state index in [1.165, 1.54) is 59.4 Å². The molecule has 1 N–H and O–H groups in total. The summed E-state index contributed by atoms with van der Waals surface area (Å²) in [7, 11) is 1.22. The molecule has 1 aliphatic heterocycles. The number of hydrogen-bond acceptors (Lipinski definition) is 11. The summed E-state index contributed by atoms with van der Waals surface area (Å²) in [6.45, 7) is 5.20. The lowest BCUT2D eigenvalue weighted by atomic mass is 9.99. The van der Waals surface area contributed by atoms with Gasteiger partial charge in [0.1, 0.15) is 11.6 Å². The molecule has 6 aromatic rings. The zero-order valence-corrected chi connectivity index (χ0v) is 42.1. The Morgan fingerprint density at radius 1 is 0.819 bits per heavy atom. The van der Waals surface area contributed by atoms with Gasteiger partial charge in [-0.15, -0.1) is 0 Å². The molecule has 0 unspecified atom stereocenters. The lowest BCUT2D eigenvalue weighted by molar-refractivity contribution is -0.146. The lowest BCUT2D eigenvalue weighted by Gasteiger charge is -2.31. The van der Waals surface area contributed by atoms with E-state index in [1.807, 2.05) is 12.1 Å². The quantitative estimate of drug-likeness (QED) is 0.0467. The number of carboxylic acid groups (broad SMARTS) is 1. The number of esters is 2. The van der Waals surface area contributed by atoms with Crippen LogP contribution in [0.2, 0.25) is 20.1 Å². The molecule has 1 aliphatic rings. The number of fused-ring (bicyclic) bond motifs is 1. The van der Waals surface area contributed by atoms with Crippen molar-refractivity contribution in [2.75, 3.05) is 7.11 Å². The van der Waals surface area contributed by atoms with Crippen LogP contribution in [-0.2, 0) is 51.4 Å². The summed E-state index contributed by atoms with van der Waals surface area (Å²) in [6, 6.07) is 27.0. The molecule has 0 spiro atoms. The second-order valence-electron chi connectivity index (χ2n) is 17.2. The van der Waals surface area contributed by atoms with Crippen LogP contribution in [0.25, 0.3) is 10.4 Å². The first-order valence-electron chi connectivity index (χ1n) is 22.0. The maximum atomic E-state index is 14.0. The number of azide groups is 1. The maximum Gasteiger partial charge on any atom is 0.340 e. The monoisotopic (exact) mass is 1050 g/mol. The number of amides is 2. The summed E-state index contributed by atoms with van der Waals surface area (Å²) in [5.41, 5.74) is 11.8. The van der Waals surface area contributed by atoms with Gasteiger partial charge in [-0.1, -0.05) is 75.8 Å². The summed E-state index contributed by atoms with van der Waals surface area (Å²) < 4.78 is 10.5. The van der Waals surface area contributed by atoms with Crippen LogP contribution in [0.4, 0.5) is 5.69 Å². The number of carbonyl (C=O) groups excluding carboxylic acids is 5. The number of pyridine rings is 2. The Hall–Kier alpha value is -7.33. The Balaban J connectivity index is 0.000000241. The minimum atomic E-state index is -1.14. The van der Waals surface area contributed by atoms with Crippen molar-refractivity contribution in [2.24, 2.45) is 5.11 Å². The third-order valence-corrected chi connectivity index (χ3v) is 12.1. The van der Waals surface area contributed by atoms with Crippen molar-refractivity contribution in [2.45, 2.75) is 70.8 Å². The third kappa shape index (κ3) is 14.0. The number of aromatic carboxylic acids is 1. The Morgan fingerprint density at radius 2 is 1.43 bits per heavy atom. The van der Waals surface area contributed by atoms with E-state index < -0.39 is 41.5 Å². The number of ether oxygens (including phenoxy) is 2. The average Bonchev–Trinajstić information content (AvgIpc) is 3.42. The van der Waals surface area contributed by atoms with E-state index in [0.29, 0.717) is 38.7 Å². The average molecular weight is 1050 g/mol. The first-order valence-corrected chi connectivity index (χ1v) is 23.5. The molecule has 0 aliphatic carbocycles. The number of carbonyl (C=O) groups is 6. The summed E-state index contributed by atoms with van der Waals surface area (Å²) >= 11 is 24.7. The Morgan fingerprint density at radius 3 is 2.04 bits per heavy atom. The van der Waals surface area contributed by atoms with Crippen molar-refractivity contribution in [3.8, 4) is 0 Å². The van der Waals surface area contributed by atoms with Gasteiger partial charge in [-0.05, 0) is 128 Å². The van der Waals surface area contributed by atoms with E-state index in [2.05, 4.69) is 20.0 Å². The Labute approximate surface area is 434 Å². The second kappa shape index (κ2) is 24.2. The van der Waals surface area contributed by atoms with Gasteiger partial charge >= 0.3 is 17.9 Å². The Bertz CT molecular complexity index is 3080.